The van der Waals surface area contributed by atoms with E-state index in [4.69, 9.17) is 16.6 Å². The zero-order valence-corrected chi connectivity index (χ0v) is 25.6. The Hall–Kier alpha value is -3.59. The van der Waals surface area contributed by atoms with E-state index < -0.39 is 5.66 Å². The summed E-state index contributed by atoms with van der Waals surface area (Å²) >= 11 is 6.18. The molecule has 1 unspecified atom stereocenters. The third kappa shape index (κ3) is 6.26. The average molecular weight is 590 g/mol. The second-order valence-electron chi connectivity index (χ2n) is 12.6. The number of hydrogen-bond acceptors (Lipinski definition) is 6. The highest BCUT2D eigenvalue weighted by Gasteiger charge is 2.52. The van der Waals surface area contributed by atoms with Crippen LogP contribution in [0.3, 0.4) is 0 Å². The van der Waals surface area contributed by atoms with Crippen LogP contribution in [0.5, 0.6) is 0 Å². The molecule has 9 nitrogen and oxygen atoms in total. The van der Waals surface area contributed by atoms with Crippen molar-refractivity contribution in [3.63, 3.8) is 0 Å². The molecular weight excluding hydrogens is 550 g/mol. The number of rotatable bonds is 9. The van der Waals surface area contributed by atoms with E-state index in [1.807, 2.05) is 48.5 Å². The van der Waals surface area contributed by atoms with E-state index in [0.717, 1.165) is 56.1 Å². The van der Waals surface area contributed by atoms with Crippen LogP contribution >= 0.6 is 11.6 Å². The average Bonchev–Trinajstić information content (AvgIpc) is 3.59. The van der Waals surface area contributed by atoms with Gasteiger partial charge in [-0.25, -0.2) is 0 Å². The van der Waals surface area contributed by atoms with Gasteiger partial charge in [-0.3, -0.25) is 14.6 Å². The maximum atomic E-state index is 14.4. The number of H-pyrrole nitrogens is 1. The molecule has 1 aromatic heterocycles. The normalized spacial score (nSPS) is 21.5. The minimum atomic E-state index is -0.590. The van der Waals surface area contributed by atoms with Crippen molar-refractivity contribution in [1.82, 2.24) is 30.8 Å². The van der Waals surface area contributed by atoms with Crippen LogP contribution in [0, 0.1) is 11.3 Å². The molecule has 42 heavy (non-hydrogen) atoms. The summed E-state index contributed by atoms with van der Waals surface area (Å²) < 4.78 is 0. The van der Waals surface area contributed by atoms with E-state index in [-0.39, 0.29) is 29.8 Å². The molecule has 2 aromatic carbocycles. The van der Waals surface area contributed by atoms with Crippen molar-refractivity contribution >= 4 is 29.1 Å². The van der Waals surface area contributed by atoms with Crippen molar-refractivity contribution in [3.05, 3.63) is 76.1 Å². The summed E-state index contributed by atoms with van der Waals surface area (Å²) in [5, 5.41) is 17.1. The largest absolute Gasteiger partial charge is 0.345 e. The number of hydrogen-bond donors (Lipinski definition) is 2. The maximum absolute atomic E-state index is 14.4. The first-order valence-electron chi connectivity index (χ1n) is 14.9. The van der Waals surface area contributed by atoms with E-state index >= 15 is 0 Å². The Kier molecular flexibility index (Phi) is 8.78. The highest BCUT2D eigenvalue weighted by atomic mass is 35.5. The molecule has 0 radical (unpaired) electrons. The Bertz CT molecular complexity index is 1400. The first-order valence-corrected chi connectivity index (χ1v) is 15.3. The van der Waals surface area contributed by atoms with E-state index in [0.29, 0.717) is 28.0 Å². The SMILES string of the molecule is CCCCC(c1ccc(C(=O)NCc2nn[nH]n2)cc1)N1C(=O)C(c2ccc(Cl)cc2)=NC12CCC(C(C)(C)C)CC2. The zero-order valence-electron chi connectivity index (χ0n) is 24.9. The fraction of sp³-hybridized carbons (Fsp3) is 0.500. The predicted octanol–water partition coefficient (Wildman–Crippen LogP) is 6.28. The molecular formula is C32H40ClN7O2. The Morgan fingerprint density at radius 2 is 1.81 bits per heavy atom. The van der Waals surface area contributed by atoms with Gasteiger partial charge in [0.05, 0.1) is 12.6 Å². The number of aromatic amines is 1. The molecule has 1 aliphatic heterocycles. The second-order valence-corrected chi connectivity index (χ2v) is 13.0. The number of amides is 2. The number of halogens is 1. The fourth-order valence-corrected chi connectivity index (χ4v) is 6.48. The van der Waals surface area contributed by atoms with Gasteiger partial charge in [-0.05, 0) is 73.3 Å². The highest BCUT2D eigenvalue weighted by molar-refractivity contribution is 6.47. The molecule has 3 aromatic rings. The van der Waals surface area contributed by atoms with Crippen LogP contribution in [0.25, 0.3) is 0 Å². The molecule has 2 heterocycles. The molecule has 1 atom stereocenters. The van der Waals surface area contributed by atoms with Crippen molar-refractivity contribution in [2.45, 2.75) is 90.9 Å². The molecule has 2 N–H and O–H groups in total. The summed E-state index contributed by atoms with van der Waals surface area (Å²) in [6.07, 6.45) is 6.50. The van der Waals surface area contributed by atoms with Gasteiger partial charge in [0.15, 0.2) is 5.82 Å². The number of benzene rings is 2. The zero-order chi connectivity index (χ0) is 29.9. The molecule has 2 aliphatic rings. The van der Waals surface area contributed by atoms with Gasteiger partial charge in [-0.15, -0.1) is 10.2 Å². The van der Waals surface area contributed by atoms with Crippen LogP contribution in [-0.4, -0.2) is 48.7 Å². The van der Waals surface area contributed by atoms with Crippen LogP contribution < -0.4 is 5.32 Å². The number of carbonyl (C=O) groups excluding carboxylic acids is 2. The van der Waals surface area contributed by atoms with Crippen LogP contribution in [0.1, 0.15) is 106 Å². The van der Waals surface area contributed by atoms with Crippen molar-refractivity contribution in [2.24, 2.45) is 16.3 Å². The summed E-state index contributed by atoms with van der Waals surface area (Å²) in [7, 11) is 0. The summed E-state index contributed by atoms with van der Waals surface area (Å²) in [5.74, 6) is 0.734. The number of aliphatic imine (C=N–C) groups is 1. The Labute approximate surface area is 252 Å². The molecule has 0 bridgehead atoms. The number of aromatic nitrogens is 4. The second kappa shape index (κ2) is 12.3. The topological polar surface area (TPSA) is 116 Å². The quantitative estimate of drug-likeness (QED) is 0.305. The summed E-state index contributed by atoms with van der Waals surface area (Å²) in [6.45, 7) is 9.26. The van der Waals surface area contributed by atoms with Gasteiger partial charge < -0.3 is 10.2 Å². The number of nitrogens with zero attached hydrogens (tertiary/aromatic N) is 5. The first-order chi connectivity index (χ1) is 20.1. The van der Waals surface area contributed by atoms with Crippen LogP contribution in [-0.2, 0) is 11.3 Å². The van der Waals surface area contributed by atoms with E-state index in [1.54, 1.807) is 0 Å². The fourth-order valence-electron chi connectivity index (χ4n) is 6.36. The lowest BCUT2D eigenvalue weighted by atomic mass is 9.69. The summed E-state index contributed by atoms with van der Waals surface area (Å²) in [5.41, 5.74) is 2.47. The molecule has 1 aliphatic carbocycles. The Balaban J connectivity index is 1.46. The van der Waals surface area contributed by atoms with Gasteiger partial charge >= 0.3 is 0 Å². The standard InChI is InChI=1S/C32H40ClN7O2/c1-5-6-7-26(21-8-10-23(11-9-21)29(41)34-20-27-36-38-39-37-27)40-30(42)28(22-12-14-25(33)15-13-22)35-32(40)18-16-24(17-19-32)31(2,3)4/h8-15,24,26H,5-7,16-20H2,1-4H3,(H,34,41)(H,36,37,38,39). The molecule has 1 fully saturated rings. The predicted molar refractivity (Wildman–Crippen MR) is 163 cm³/mol. The molecule has 0 saturated heterocycles. The van der Waals surface area contributed by atoms with E-state index in [1.165, 1.54) is 0 Å². The molecule has 2 amide bonds. The Morgan fingerprint density at radius 1 is 1.12 bits per heavy atom. The van der Waals surface area contributed by atoms with Crippen molar-refractivity contribution in [3.8, 4) is 0 Å². The number of nitrogens with one attached hydrogen (secondary N) is 2. The number of tetrazole rings is 1. The number of carbonyl (C=O) groups is 2. The van der Waals surface area contributed by atoms with E-state index in [2.05, 4.69) is 58.5 Å². The van der Waals surface area contributed by atoms with Gasteiger partial charge in [-0.2, -0.15) is 5.21 Å². The Morgan fingerprint density at radius 3 is 2.40 bits per heavy atom. The van der Waals surface area contributed by atoms with Crippen molar-refractivity contribution in [1.29, 1.82) is 0 Å². The summed E-state index contributed by atoms with van der Waals surface area (Å²) in [4.78, 5) is 34.5. The smallest absolute Gasteiger partial charge is 0.275 e. The van der Waals surface area contributed by atoms with Crippen LogP contribution in [0.15, 0.2) is 53.5 Å². The molecule has 222 valence electrons. The van der Waals surface area contributed by atoms with Gasteiger partial charge in [0, 0.05) is 16.1 Å². The highest BCUT2D eigenvalue weighted by Crippen LogP contribution is 2.50. The lowest BCUT2D eigenvalue weighted by Crippen LogP contribution is -2.51. The van der Waals surface area contributed by atoms with Crippen LogP contribution in [0.2, 0.25) is 5.02 Å². The third-order valence-electron chi connectivity index (χ3n) is 8.82. The monoisotopic (exact) mass is 589 g/mol. The van der Waals surface area contributed by atoms with Gasteiger partial charge in [0.25, 0.3) is 11.8 Å². The summed E-state index contributed by atoms with van der Waals surface area (Å²) in [6, 6.07) is 14.9. The lowest BCUT2D eigenvalue weighted by Gasteiger charge is -2.47. The van der Waals surface area contributed by atoms with E-state index in [9.17, 15) is 9.59 Å². The van der Waals surface area contributed by atoms with Crippen molar-refractivity contribution in [2.75, 3.05) is 0 Å². The maximum Gasteiger partial charge on any atom is 0.275 e. The van der Waals surface area contributed by atoms with Gasteiger partial charge in [0.2, 0.25) is 0 Å². The third-order valence-corrected chi connectivity index (χ3v) is 9.07. The molecule has 5 rings (SSSR count). The molecule has 10 heteroatoms. The first kappa shape index (κ1) is 29.9. The lowest BCUT2D eigenvalue weighted by molar-refractivity contribution is -0.133. The van der Waals surface area contributed by atoms with Gasteiger partial charge in [-0.1, -0.05) is 81.6 Å². The molecule has 1 saturated carbocycles. The van der Waals surface area contributed by atoms with Crippen molar-refractivity contribution < 1.29 is 9.59 Å². The van der Waals surface area contributed by atoms with Gasteiger partial charge in [0.1, 0.15) is 11.4 Å². The minimum Gasteiger partial charge on any atom is -0.345 e. The minimum absolute atomic E-state index is 0.0328. The van der Waals surface area contributed by atoms with Crippen LogP contribution in [0.4, 0.5) is 0 Å². The number of unbranched alkanes of at least 4 members (excludes halogenated alkanes) is 1. The molecule has 1 spiro atoms.